The van der Waals surface area contributed by atoms with E-state index in [0.717, 1.165) is 12.2 Å². The fourth-order valence-electron chi connectivity index (χ4n) is 1.60. The minimum absolute atomic E-state index is 1.09. The molecule has 1 aliphatic heterocycles. The second kappa shape index (κ2) is 1.24. The fourth-order valence-corrected chi connectivity index (χ4v) is 1.60. The number of hydrogen-bond donors (Lipinski definition) is 0. The monoisotopic (exact) mass is 130 g/mol. The third-order valence-electron chi connectivity index (χ3n) is 2.09. The summed E-state index contributed by atoms with van der Waals surface area (Å²) in [5, 5.41) is 0. The molecule has 10 heavy (non-hydrogen) atoms. The summed E-state index contributed by atoms with van der Waals surface area (Å²) < 4.78 is 2.15. The zero-order valence-corrected chi connectivity index (χ0v) is 5.41. The lowest BCUT2D eigenvalue weighted by Gasteiger charge is -1.98. The molecule has 0 N–H and O–H groups in total. The Labute approximate surface area is 58.5 Å². The SMILES string of the molecule is C1=C2CC(=C1)n1ccnc12. The number of aromatic nitrogens is 2. The van der Waals surface area contributed by atoms with Crippen LogP contribution in [0.3, 0.4) is 0 Å². The Balaban J connectivity index is 2.46. The Hall–Kier alpha value is -1.31. The summed E-state index contributed by atoms with van der Waals surface area (Å²) in [5.41, 5.74) is 2.72. The molecule has 0 atom stereocenters. The van der Waals surface area contributed by atoms with Crippen molar-refractivity contribution in [3.63, 3.8) is 0 Å². The average Bonchev–Trinajstić information content (AvgIpc) is 2.60. The number of imidazole rings is 1. The molecule has 0 unspecified atom stereocenters. The van der Waals surface area contributed by atoms with Crippen LogP contribution in [0.4, 0.5) is 0 Å². The Morgan fingerprint density at radius 2 is 2.40 bits per heavy atom. The lowest BCUT2D eigenvalue weighted by molar-refractivity contribution is 1.08. The van der Waals surface area contributed by atoms with E-state index < -0.39 is 0 Å². The lowest BCUT2D eigenvalue weighted by atomic mass is 10.2. The van der Waals surface area contributed by atoms with Gasteiger partial charge in [-0.15, -0.1) is 0 Å². The first kappa shape index (κ1) is 4.50. The minimum Gasteiger partial charge on any atom is -0.304 e. The van der Waals surface area contributed by atoms with Crippen LogP contribution in [0.25, 0.3) is 11.3 Å². The highest BCUT2D eigenvalue weighted by Crippen LogP contribution is 2.37. The third kappa shape index (κ3) is 0.328. The zero-order valence-electron chi connectivity index (χ0n) is 5.41. The van der Waals surface area contributed by atoms with E-state index in [9.17, 15) is 0 Å². The van der Waals surface area contributed by atoms with Crippen LogP contribution >= 0.6 is 0 Å². The van der Waals surface area contributed by atoms with Crippen molar-refractivity contribution in [1.82, 2.24) is 9.55 Å². The van der Waals surface area contributed by atoms with Gasteiger partial charge in [0.25, 0.3) is 0 Å². The van der Waals surface area contributed by atoms with Gasteiger partial charge in [-0.05, 0) is 6.08 Å². The molecular weight excluding hydrogens is 124 g/mol. The number of hydrogen-bond acceptors (Lipinski definition) is 1. The van der Waals surface area contributed by atoms with Gasteiger partial charge in [-0.25, -0.2) is 4.98 Å². The van der Waals surface area contributed by atoms with Gasteiger partial charge in [-0.3, -0.25) is 0 Å². The molecule has 2 bridgehead atoms. The first-order valence-corrected chi connectivity index (χ1v) is 3.39. The molecule has 2 heterocycles. The molecule has 0 amide bonds. The highest BCUT2D eigenvalue weighted by molar-refractivity contribution is 5.85. The van der Waals surface area contributed by atoms with Crippen LogP contribution in [0.2, 0.25) is 0 Å². The van der Waals surface area contributed by atoms with E-state index in [1.165, 1.54) is 11.3 Å². The molecule has 2 aliphatic rings. The summed E-state index contributed by atoms with van der Waals surface area (Å²) in [6.45, 7) is 0. The van der Waals surface area contributed by atoms with Gasteiger partial charge in [0.15, 0.2) is 0 Å². The molecule has 1 aliphatic carbocycles. The van der Waals surface area contributed by atoms with Gasteiger partial charge in [0.2, 0.25) is 0 Å². The normalized spacial score (nSPS) is 18.8. The first-order chi connectivity index (χ1) is 4.95. The van der Waals surface area contributed by atoms with Crippen LogP contribution in [0, 0.1) is 0 Å². The molecule has 0 radical (unpaired) electrons. The van der Waals surface area contributed by atoms with Crippen LogP contribution in [-0.4, -0.2) is 9.55 Å². The second-order valence-corrected chi connectivity index (χ2v) is 2.65. The van der Waals surface area contributed by atoms with E-state index >= 15 is 0 Å². The quantitative estimate of drug-likeness (QED) is 0.520. The standard InChI is InChI=1S/C8H6N2/c1-2-7-5-6(1)8-9-3-4-10(7)8/h1-4H,5H2. The van der Waals surface area contributed by atoms with Crippen LogP contribution in [0.15, 0.2) is 24.5 Å². The predicted molar refractivity (Wildman–Crippen MR) is 39.1 cm³/mol. The van der Waals surface area contributed by atoms with Gasteiger partial charge in [0.05, 0.1) is 0 Å². The highest BCUT2D eigenvalue weighted by Gasteiger charge is 2.23. The summed E-state index contributed by atoms with van der Waals surface area (Å²) in [6, 6.07) is 0. The second-order valence-electron chi connectivity index (χ2n) is 2.65. The van der Waals surface area contributed by atoms with E-state index in [-0.39, 0.29) is 0 Å². The topological polar surface area (TPSA) is 17.8 Å². The van der Waals surface area contributed by atoms with Crippen molar-refractivity contribution < 1.29 is 0 Å². The molecule has 48 valence electrons. The van der Waals surface area contributed by atoms with Gasteiger partial charge < -0.3 is 4.57 Å². The largest absolute Gasteiger partial charge is 0.304 e. The van der Waals surface area contributed by atoms with E-state index in [1.807, 2.05) is 12.4 Å². The van der Waals surface area contributed by atoms with Gasteiger partial charge in [0.1, 0.15) is 5.82 Å². The molecule has 0 fully saturated rings. The van der Waals surface area contributed by atoms with Gasteiger partial charge in [-0.2, -0.15) is 0 Å². The minimum atomic E-state index is 1.09. The van der Waals surface area contributed by atoms with Crippen LogP contribution < -0.4 is 0 Å². The summed E-state index contributed by atoms with van der Waals surface area (Å²) in [6.07, 6.45) is 9.26. The summed E-state index contributed by atoms with van der Waals surface area (Å²) >= 11 is 0. The molecule has 2 heteroatoms. The van der Waals surface area contributed by atoms with Crippen molar-refractivity contribution >= 4 is 11.3 Å². The number of nitrogens with zero attached hydrogens (tertiary/aromatic N) is 2. The Morgan fingerprint density at radius 3 is 3.30 bits per heavy atom. The zero-order chi connectivity index (χ0) is 6.55. The number of rotatable bonds is 0. The van der Waals surface area contributed by atoms with E-state index in [2.05, 4.69) is 21.7 Å². The summed E-state index contributed by atoms with van der Waals surface area (Å²) in [5.74, 6) is 1.14. The third-order valence-corrected chi connectivity index (χ3v) is 2.09. The predicted octanol–water partition coefficient (Wildman–Crippen LogP) is 1.52. The van der Waals surface area contributed by atoms with Crippen LogP contribution in [0.1, 0.15) is 12.2 Å². The van der Waals surface area contributed by atoms with E-state index in [4.69, 9.17) is 0 Å². The first-order valence-electron chi connectivity index (χ1n) is 3.39. The van der Waals surface area contributed by atoms with Crippen LogP contribution in [0.5, 0.6) is 0 Å². The Bertz CT molecular complexity index is 323. The highest BCUT2D eigenvalue weighted by atomic mass is 15.1. The van der Waals surface area contributed by atoms with Crippen molar-refractivity contribution in [2.24, 2.45) is 0 Å². The number of fused-ring (bicyclic) bond motifs is 5. The van der Waals surface area contributed by atoms with Crippen molar-refractivity contribution in [3.8, 4) is 0 Å². The molecule has 0 aromatic carbocycles. The molecule has 0 spiro atoms. The fraction of sp³-hybridized carbons (Fsp3) is 0.125. The van der Waals surface area contributed by atoms with Crippen molar-refractivity contribution in [3.05, 3.63) is 30.4 Å². The summed E-state index contributed by atoms with van der Waals surface area (Å²) in [7, 11) is 0. The summed E-state index contributed by atoms with van der Waals surface area (Å²) in [4.78, 5) is 4.23. The molecule has 1 aromatic heterocycles. The smallest absolute Gasteiger partial charge is 0.140 e. The van der Waals surface area contributed by atoms with E-state index in [1.54, 1.807) is 0 Å². The maximum atomic E-state index is 4.23. The van der Waals surface area contributed by atoms with Gasteiger partial charge in [-0.1, -0.05) is 6.08 Å². The maximum Gasteiger partial charge on any atom is 0.140 e. The van der Waals surface area contributed by atoms with Crippen molar-refractivity contribution in [2.75, 3.05) is 0 Å². The van der Waals surface area contributed by atoms with Crippen LogP contribution in [-0.2, 0) is 0 Å². The average molecular weight is 130 g/mol. The molecule has 0 saturated carbocycles. The molecular formula is C8H6N2. The van der Waals surface area contributed by atoms with Gasteiger partial charge >= 0.3 is 0 Å². The molecule has 3 rings (SSSR count). The lowest BCUT2D eigenvalue weighted by Crippen LogP contribution is -1.90. The Kier molecular flexibility index (Phi) is 0.556. The van der Waals surface area contributed by atoms with Gasteiger partial charge in [0, 0.05) is 30.1 Å². The molecule has 2 nitrogen and oxygen atoms in total. The van der Waals surface area contributed by atoms with E-state index in [0.29, 0.717) is 0 Å². The molecule has 0 saturated heterocycles. The van der Waals surface area contributed by atoms with Crippen molar-refractivity contribution in [1.29, 1.82) is 0 Å². The molecule has 1 aromatic rings. The maximum absolute atomic E-state index is 4.23. The van der Waals surface area contributed by atoms with Crippen molar-refractivity contribution in [2.45, 2.75) is 6.42 Å². The Morgan fingerprint density at radius 1 is 1.40 bits per heavy atom. The number of allylic oxidation sites excluding steroid dienone is 4.